The van der Waals surface area contributed by atoms with Crippen LogP contribution in [0, 0.1) is 0 Å². The van der Waals surface area contributed by atoms with Crippen molar-refractivity contribution in [1.82, 2.24) is 15.1 Å². The summed E-state index contributed by atoms with van der Waals surface area (Å²) >= 11 is 6.13. The van der Waals surface area contributed by atoms with E-state index in [1.165, 1.54) is 0 Å². The topological polar surface area (TPSA) is 61.3 Å². The zero-order valence-corrected chi connectivity index (χ0v) is 14.3. The van der Waals surface area contributed by atoms with Gasteiger partial charge in [0.05, 0.1) is 5.60 Å². The van der Waals surface area contributed by atoms with Gasteiger partial charge in [-0.2, -0.15) is 0 Å². The van der Waals surface area contributed by atoms with Gasteiger partial charge < -0.3 is 10.4 Å². The van der Waals surface area contributed by atoms with Gasteiger partial charge in [-0.3, -0.25) is 4.90 Å². The Labute approximate surface area is 141 Å². The summed E-state index contributed by atoms with van der Waals surface area (Å²) in [6, 6.07) is 8.19. The highest BCUT2D eigenvalue weighted by Crippen LogP contribution is 2.27. The molecule has 1 aromatic carbocycles. The standard InChI is InChI=1S/C17H23ClN4O/c1-17(2,23)11-22-9-5-6-12(10-22)19-16-14-8-4-3-7-13(14)15(18)20-21-16/h3-4,7-8,12,23H,5-6,9-11H2,1-2H3,(H,19,21)/t12-/m1/s1. The van der Waals surface area contributed by atoms with Crippen LogP contribution in [0.5, 0.6) is 0 Å². The number of likely N-dealkylation sites (tertiary alicyclic amines) is 1. The maximum absolute atomic E-state index is 10.0. The van der Waals surface area contributed by atoms with E-state index in [-0.39, 0.29) is 0 Å². The largest absolute Gasteiger partial charge is 0.389 e. The molecule has 2 N–H and O–H groups in total. The maximum atomic E-state index is 10.0. The molecular formula is C17H23ClN4O. The Morgan fingerprint density at radius 3 is 2.78 bits per heavy atom. The van der Waals surface area contributed by atoms with Crippen molar-refractivity contribution in [1.29, 1.82) is 0 Å². The molecule has 1 aromatic heterocycles. The van der Waals surface area contributed by atoms with Gasteiger partial charge in [0.25, 0.3) is 0 Å². The van der Waals surface area contributed by atoms with Crippen molar-refractivity contribution < 1.29 is 5.11 Å². The molecule has 2 heterocycles. The first-order valence-corrected chi connectivity index (χ1v) is 8.42. The number of fused-ring (bicyclic) bond motifs is 1. The van der Waals surface area contributed by atoms with Crippen LogP contribution >= 0.6 is 11.6 Å². The van der Waals surface area contributed by atoms with Crippen LogP contribution in [0.15, 0.2) is 24.3 Å². The minimum Gasteiger partial charge on any atom is -0.389 e. The van der Waals surface area contributed by atoms with Crippen LogP contribution in [-0.4, -0.2) is 51.5 Å². The number of β-amino-alcohol motifs (C(OH)–C–C–N with tert-alkyl or cyclic N) is 1. The van der Waals surface area contributed by atoms with Gasteiger partial charge in [-0.1, -0.05) is 35.9 Å². The maximum Gasteiger partial charge on any atom is 0.159 e. The second kappa shape index (κ2) is 6.59. The van der Waals surface area contributed by atoms with Gasteiger partial charge in [0.1, 0.15) is 0 Å². The molecule has 1 saturated heterocycles. The van der Waals surface area contributed by atoms with Gasteiger partial charge in [0.15, 0.2) is 11.0 Å². The fraction of sp³-hybridized carbons (Fsp3) is 0.529. The zero-order chi connectivity index (χ0) is 16.4. The number of nitrogens with one attached hydrogen (secondary N) is 1. The summed E-state index contributed by atoms with van der Waals surface area (Å²) in [4.78, 5) is 2.30. The molecule has 0 radical (unpaired) electrons. The number of anilines is 1. The normalized spacial score (nSPS) is 19.9. The van der Waals surface area contributed by atoms with Gasteiger partial charge in [0, 0.05) is 29.9 Å². The van der Waals surface area contributed by atoms with Crippen LogP contribution in [0.2, 0.25) is 5.15 Å². The molecule has 0 spiro atoms. The summed E-state index contributed by atoms with van der Waals surface area (Å²) in [7, 11) is 0. The Morgan fingerprint density at radius 2 is 2.04 bits per heavy atom. The highest BCUT2D eigenvalue weighted by atomic mass is 35.5. The Morgan fingerprint density at radius 1 is 1.30 bits per heavy atom. The molecule has 1 aliphatic rings. The Kier molecular flexibility index (Phi) is 4.71. The predicted molar refractivity (Wildman–Crippen MR) is 93.9 cm³/mol. The van der Waals surface area contributed by atoms with Crippen molar-refractivity contribution in [2.75, 3.05) is 25.0 Å². The van der Waals surface area contributed by atoms with E-state index in [1.54, 1.807) is 0 Å². The van der Waals surface area contributed by atoms with Crippen molar-refractivity contribution in [2.24, 2.45) is 0 Å². The van der Waals surface area contributed by atoms with Crippen molar-refractivity contribution in [3.63, 3.8) is 0 Å². The molecule has 5 nitrogen and oxygen atoms in total. The molecule has 23 heavy (non-hydrogen) atoms. The summed E-state index contributed by atoms with van der Waals surface area (Å²) in [6.45, 7) is 6.29. The van der Waals surface area contributed by atoms with Gasteiger partial charge in [-0.05, 0) is 33.2 Å². The molecule has 6 heteroatoms. The number of aromatic nitrogens is 2. The van der Waals surface area contributed by atoms with Crippen molar-refractivity contribution in [3.8, 4) is 0 Å². The molecular weight excluding hydrogens is 312 g/mol. The Bertz CT molecular complexity index is 686. The molecule has 0 unspecified atom stereocenters. The number of halogens is 1. The van der Waals surface area contributed by atoms with E-state index in [9.17, 15) is 5.11 Å². The third kappa shape index (κ3) is 4.10. The van der Waals surface area contributed by atoms with Crippen LogP contribution in [-0.2, 0) is 0 Å². The summed E-state index contributed by atoms with van der Waals surface area (Å²) in [5, 5.41) is 24.2. The predicted octanol–water partition coefficient (Wildman–Crippen LogP) is 2.93. The number of piperidine rings is 1. The van der Waals surface area contributed by atoms with Crippen LogP contribution in [0.25, 0.3) is 10.8 Å². The average Bonchev–Trinajstić information content (AvgIpc) is 2.49. The van der Waals surface area contributed by atoms with Crippen LogP contribution in [0.3, 0.4) is 0 Å². The molecule has 124 valence electrons. The van der Waals surface area contributed by atoms with Crippen LogP contribution < -0.4 is 5.32 Å². The summed E-state index contributed by atoms with van der Waals surface area (Å²) in [5.41, 5.74) is -0.672. The lowest BCUT2D eigenvalue weighted by Gasteiger charge is -2.36. The molecule has 3 rings (SSSR count). The number of hydrogen-bond acceptors (Lipinski definition) is 5. The number of rotatable bonds is 4. The first-order chi connectivity index (χ1) is 10.9. The quantitative estimate of drug-likeness (QED) is 0.900. The highest BCUT2D eigenvalue weighted by molar-refractivity contribution is 6.34. The van der Waals surface area contributed by atoms with Crippen molar-refractivity contribution >= 4 is 28.2 Å². The number of benzene rings is 1. The molecule has 2 aromatic rings. The Balaban J connectivity index is 1.76. The monoisotopic (exact) mass is 334 g/mol. The number of aliphatic hydroxyl groups is 1. The van der Waals surface area contributed by atoms with Gasteiger partial charge in [0.2, 0.25) is 0 Å². The highest BCUT2D eigenvalue weighted by Gasteiger charge is 2.25. The SMILES string of the molecule is CC(C)(O)CN1CCC[C@@H](Nc2nnc(Cl)c3ccccc23)C1. The fourth-order valence-corrected chi connectivity index (χ4v) is 3.44. The second-order valence-corrected chi connectivity index (χ2v) is 7.27. The van der Waals surface area contributed by atoms with Crippen LogP contribution in [0.1, 0.15) is 26.7 Å². The van der Waals surface area contributed by atoms with E-state index in [4.69, 9.17) is 11.6 Å². The number of nitrogens with zero attached hydrogens (tertiary/aromatic N) is 3. The third-order valence-electron chi connectivity index (χ3n) is 4.10. The minimum atomic E-state index is -0.672. The smallest absolute Gasteiger partial charge is 0.159 e. The molecule has 0 aliphatic carbocycles. The third-order valence-corrected chi connectivity index (χ3v) is 4.38. The first-order valence-electron chi connectivity index (χ1n) is 8.04. The lowest BCUT2D eigenvalue weighted by Crippen LogP contribution is -2.47. The fourth-order valence-electron chi connectivity index (χ4n) is 3.24. The summed E-state index contributed by atoms with van der Waals surface area (Å²) < 4.78 is 0. The van der Waals surface area contributed by atoms with E-state index < -0.39 is 5.60 Å². The van der Waals surface area contributed by atoms with Gasteiger partial charge in [-0.25, -0.2) is 0 Å². The molecule has 0 bridgehead atoms. The van der Waals surface area contributed by atoms with E-state index in [2.05, 4.69) is 20.4 Å². The number of hydrogen-bond donors (Lipinski definition) is 2. The Hall–Kier alpha value is -1.43. The van der Waals surface area contributed by atoms with E-state index in [1.807, 2.05) is 38.1 Å². The lowest BCUT2D eigenvalue weighted by atomic mass is 10.0. The summed E-state index contributed by atoms with van der Waals surface area (Å²) in [6.07, 6.45) is 2.19. The molecule has 1 fully saturated rings. The average molecular weight is 335 g/mol. The zero-order valence-electron chi connectivity index (χ0n) is 13.6. The van der Waals surface area contributed by atoms with Crippen LogP contribution in [0.4, 0.5) is 5.82 Å². The van der Waals surface area contributed by atoms with E-state index in [0.29, 0.717) is 17.7 Å². The molecule has 0 saturated carbocycles. The second-order valence-electron chi connectivity index (χ2n) is 6.92. The molecule has 1 atom stereocenters. The van der Waals surface area contributed by atoms with Gasteiger partial charge >= 0.3 is 0 Å². The first kappa shape index (κ1) is 16.4. The van der Waals surface area contributed by atoms with E-state index in [0.717, 1.165) is 42.5 Å². The molecule has 0 amide bonds. The summed E-state index contributed by atoms with van der Waals surface area (Å²) in [5.74, 6) is 0.778. The van der Waals surface area contributed by atoms with Crippen molar-refractivity contribution in [3.05, 3.63) is 29.4 Å². The van der Waals surface area contributed by atoms with Gasteiger partial charge in [-0.15, -0.1) is 10.2 Å². The lowest BCUT2D eigenvalue weighted by molar-refractivity contribution is 0.0286. The minimum absolute atomic E-state index is 0.296. The van der Waals surface area contributed by atoms with E-state index >= 15 is 0 Å². The molecule has 1 aliphatic heterocycles. The van der Waals surface area contributed by atoms with Crippen molar-refractivity contribution in [2.45, 2.75) is 38.3 Å².